The van der Waals surface area contributed by atoms with E-state index in [9.17, 15) is 9.18 Å². The molecule has 0 fully saturated rings. The molecule has 31 heavy (non-hydrogen) atoms. The fraction of sp³-hybridized carbons (Fsp3) is 0.333. The van der Waals surface area contributed by atoms with Gasteiger partial charge in [-0.15, -0.1) is 0 Å². The van der Waals surface area contributed by atoms with E-state index in [1.165, 1.54) is 12.1 Å². The predicted molar refractivity (Wildman–Crippen MR) is 115 cm³/mol. The number of ether oxygens (including phenoxy) is 2. The first-order valence-electron chi connectivity index (χ1n) is 10.1. The largest absolute Gasteiger partial charge is 0.497 e. The third-order valence-corrected chi connectivity index (χ3v) is 4.81. The Hall–Kier alpha value is -3.35. The Labute approximate surface area is 181 Å². The quantitative estimate of drug-likeness (QED) is 0.478. The van der Waals surface area contributed by atoms with Crippen molar-refractivity contribution in [2.75, 3.05) is 14.2 Å². The fourth-order valence-corrected chi connectivity index (χ4v) is 3.24. The number of aromatic nitrogens is 1. The van der Waals surface area contributed by atoms with Crippen LogP contribution in [0.4, 0.5) is 4.39 Å². The monoisotopic (exact) mass is 426 g/mol. The molecule has 0 bridgehead atoms. The molecule has 0 unspecified atom stereocenters. The average molecular weight is 426 g/mol. The first kappa shape index (κ1) is 22.3. The molecule has 0 aliphatic heterocycles. The van der Waals surface area contributed by atoms with Crippen molar-refractivity contribution in [1.82, 2.24) is 10.1 Å². The maximum atomic E-state index is 13.3. The van der Waals surface area contributed by atoms with Crippen LogP contribution in [0.25, 0.3) is 11.3 Å². The van der Waals surface area contributed by atoms with Crippen molar-refractivity contribution >= 4 is 5.91 Å². The molecular formula is C24H27FN2O4. The smallest absolute Gasteiger partial charge is 0.223 e. The van der Waals surface area contributed by atoms with Gasteiger partial charge < -0.3 is 18.9 Å². The van der Waals surface area contributed by atoms with Crippen LogP contribution in [0, 0.1) is 11.7 Å². The van der Waals surface area contributed by atoms with Crippen molar-refractivity contribution in [3.05, 3.63) is 65.6 Å². The van der Waals surface area contributed by atoms with E-state index < -0.39 is 0 Å². The van der Waals surface area contributed by atoms with E-state index in [-0.39, 0.29) is 24.2 Å². The number of hydrogen-bond donors (Lipinski definition) is 0. The van der Waals surface area contributed by atoms with E-state index in [1.54, 1.807) is 49.5 Å². The average Bonchev–Trinajstić information content (AvgIpc) is 3.22. The van der Waals surface area contributed by atoms with Gasteiger partial charge in [0.25, 0.3) is 0 Å². The third kappa shape index (κ3) is 5.84. The number of methoxy groups -OCH3 is 2. The van der Waals surface area contributed by atoms with Crippen molar-refractivity contribution in [1.29, 1.82) is 0 Å². The van der Waals surface area contributed by atoms with Crippen LogP contribution in [0.2, 0.25) is 0 Å². The highest BCUT2D eigenvalue weighted by atomic mass is 19.1. The molecule has 0 saturated carbocycles. The maximum absolute atomic E-state index is 13.3. The predicted octanol–water partition coefficient (Wildman–Crippen LogP) is 5.07. The highest BCUT2D eigenvalue weighted by Gasteiger charge is 2.19. The highest BCUT2D eigenvalue weighted by Crippen LogP contribution is 2.34. The molecule has 2 aromatic carbocycles. The molecular weight excluding hydrogens is 399 g/mol. The van der Waals surface area contributed by atoms with Crippen molar-refractivity contribution in [2.45, 2.75) is 33.4 Å². The lowest BCUT2D eigenvalue weighted by molar-refractivity contribution is -0.133. The summed E-state index contributed by atoms with van der Waals surface area (Å²) >= 11 is 0. The van der Waals surface area contributed by atoms with Gasteiger partial charge in [-0.25, -0.2) is 4.39 Å². The second-order valence-corrected chi connectivity index (χ2v) is 7.72. The van der Waals surface area contributed by atoms with Gasteiger partial charge in [0, 0.05) is 19.0 Å². The van der Waals surface area contributed by atoms with Gasteiger partial charge in [0.05, 0.1) is 26.3 Å². The normalized spacial score (nSPS) is 10.9. The molecule has 6 nitrogen and oxygen atoms in total. The molecule has 0 spiro atoms. The summed E-state index contributed by atoms with van der Waals surface area (Å²) in [4.78, 5) is 14.6. The minimum atomic E-state index is -0.308. The molecule has 3 rings (SSSR count). The first-order chi connectivity index (χ1) is 14.9. The molecule has 0 aliphatic carbocycles. The van der Waals surface area contributed by atoms with E-state index >= 15 is 0 Å². The van der Waals surface area contributed by atoms with Gasteiger partial charge in [-0.2, -0.15) is 0 Å². The zero-order valence-electron chi connectivity index (χ0n) is 18.2. The standard InChI is InChI=1S/C24H27FN2O4/c1-16(2)11-24(28)27(14-17-5-7-18(25)8-6-17)15-19-12-23(31-26-19)21-13-20(29-3)9-10-22(21)30-4/h5-10,12-13,16H,11,14-15H2,1-4H3. The summed E-state index contributed by atoms with van der Waals surface area (Å²) in [6.07, 6.45) is 0.412. The molecule has 0 saturated heterocycles. The summed E-state index contributed by atoms with van der Waals surface area (Å²) < 4.78 is 29.5. The van der Waals surface area contributed by atoms with Crippen LogP contribution in [-0.4, -0.2) is 30.2 Å². The number of benzene rings is 2. The van der Waals surface area contributed by atoms with Crippen LogP contribution >= 0.6 is 0 Å². The summed E-state index contributed by atoms with van der Waals surface area (Å²) in [6.45, 7) is 4.63. The minimum Gasteiger partial charge on any atom is -0.497 e. The van der Waals surface area contributed by atoms with Crippen LogP contribution in [-0.2, 0) is 17.9 Å². The Morgan fingerprint density at radius 1 is 1.06 bits per heavy atom. The van der Waals surface area contributed by atoms with Gasteiger partial charge in [0.2, 0.25) is 5.91 Å². The van der Waals surface area contributed by atoms with Gasteiger partial charge in [-0.1, -0.05) is 31.1 Å². The molecule has 7 heteroatoms. The minimum absolute atomic E-state index is 0.00263. The number of nitrogens with zero attached hydrogens (tertiary/aromatic N) is 2. The Morgan fingerprint density at radius 3 is 2.45 bits per heavy atom. The Morgan fingerprint density at radius 2 is 1.81 bits per heavy atom. The Kier molecular flexibility index (Phi) is 7.28. The molecule has 1 amide bonds. The van der Waals surface area contributed by atoms with E-state index in [1.807, 2.05) is 19.9 Å². The molecule has 164 valence electrons. The molecule has 0 atom stereocenters. The Bertz CT molecular complexity index is 1010. The number of halogens is 1. The number of rotatable bonds is 9. The summed E-state index contributed by atoms with van der Waals surface area (Å²) in [5, 5.41) is 4.16. The van der Waals surface area contributed by atoms with Crippen molar-refractivity contribution in [3.8, 4) is 22.8 Å². The fourth-order valence-electron chi connectivity index (χ4n) is 3.24. The van der Waals surface area contributed by atoms with Crippen LogP contribution in [0.1, 0.15) is 31.5 Å². The highest BCUT2D eigenvalue weighted by molar-refractivity contribution is 5.76. The van der Waals surface area contributed by atoms with Gasteiger partial charge in [0.1, 0.15) is 23.0 Å². The molecule has 1 aromatic heterocycles. The molecule has 0 radical (unpaired) electrons. The lowest BCUT2D eigenvalue weighted by atomic mass is 10.1. The summed E-state index contributed by atoms with van der Waals surface area (Å²) in [5.74, 6) is 1.72. The SMILES string of the molecule is COc1ccc(OC)c(-c2cc(CN(Cc3ccc(F)cc3)C(=O)CC(C)C)no2)c1. The van der Waals surface area contributed by atoms with Crippen LogP contribution < -0.4 is 9.47 Å². The number of hydrogen-bond acceptors (Lipinski definition) is 5. The van der Waals surface area contributed by atoms with Gasteiger partial charge in [-0.05, 0) is 41.8 Å². The third-order valence-electron chi connectivity index (χ3n) is 4.81. The number of carbonyl (C=O) groups is 1. The number of amides is 1. The summed E-state index contributed by atoms with van der Waals surface area (Å²) in [5.41, 5.74) is 2.16. The Balaban J connectivity index is 1.84. The molecule has 1 heterocycles. The topological polar surface area (TPSA) is 64.8 Å². The lowest BCUT2D eigenvalue weighted by Crippen LogP contribution is -2.31. The maximum Gasteiger partial charge on any atom is 0.223 e. The summed E-state index contributed by atoms with van der Waals surface area (Å²) in [7, 11) is 3.17. The first-order valence-corrected chi connectivity index (χ1v) is 10.1. The van der Waals surface area contributed by atoms with Crippen LogP contribution in [0.15, 0.2) is 53.1 Å². The van der Waals surface area contributed by atoms with E-state index in [0.717, 1.165) is 5.56 Å². The van der Waals surface area contributed by atoms with E-state index in [4.69, 9.17) is 14.0 Å². The molecule has 3 aromatic rings. The second kappa shape index (κ2) is 10.1. The lowest BCUT2D eigenvalue weighted by Gasteiger charge is -2.22. The van der Waals surface area contributed by atoms with Gasteiger partial charge in [0.15, 0.2) is 5.76 Å². The van der Waals surface area contributed by atoms with Gasteiger partial charge in [-0.3, -0.25) is 4.79 Å². The molecule has 0 N–H and O–H groups in total. The summed E-state index contributed by atoms with van der Waals surface area (Å²) in [6, 6.07) is 13.3. The van der Waals surface area contributed by atoms with Crippen molar-refractivity contribution in [3.63, 3.8) is 0 Å². The van der Waals surface area contributed by atoms with Crippen molar-refractivity contribution in [2.24, 2.45) is 5.92 Å². The van der Waals surface area contributed by atoms with Crippen molar-refractivity contribution < 1.29 is 23.2 Å². The van der Waals surface area contributed by atoms with Crippen LogP contribution in [0.5, 0.6) is 11.5 Å². The second-order valence-electron chi connectivity index (χ2n) is 7.72. The van der Waals surface area contributed by atoms with Crippen LogP contribution in [0.3, 0.4) is 0 Å². The zero-order valence-corrected chi connectivity index (χ0v) is 18.2. The number of carbonyl (C=O) groups excluding carboxylic acids is 1. The molecule has 0 aliphatic rings. The van der Waals surface area contributed by atoms with Gasteiger partial charge >= 0.3 is 0 Å². The van der Waals surface area contributed by atoms with E-state index in [0.29, 0.717) is 41.5 Å². The van der Waals surface area contributed by atoms with E-state index in [2.05, 4.69) is 5.16 Å². The zero-order chi connectivity index (χ0) is 22.4.